The van der Waals surface area contributed by atoms with Crippen LogP contribution in [0, 0.1) is 0 Å². The van der Waals surface area contributed by atoms with Crippen molar-refractivity contribution < 1.29 is 24.6 Å². The summed E-state index contributed by atoms with van der Waals surface area (Å²) in [7, 11) is 0. The van der Waals surface area contributed by atoms with Crippen LogP contribution in [-0.4, -0.2) is 83.2 Å². The molecule has 1 aromatic carbocycles. The van der Waals surface area contributed by atoms with E-state index in [0.717, 1.165) is 18.0 Å². The minimum Gasteiger partial charge on any atom is -0.478 e. The molecule has 8 heteroatoms. The Labute approximate surface area is 145 Å². The lowest BCUT2D eigenvalue weighted by Crippen LogP contribution is -2.53. The minimum absolute atomic E-state index is 0.0409. The number of hydrogen-bond acceptors (Lipinski definition) is 6. The Morgan fingerprint density at radius 1 is 1.16 bits per heavy atom. The number of aliphatic hydroxyl groups is 1. The first-order chi connectivity index (χ1) is 12.0. The summed E-state index contributed by atoms with van der Waals surface area (Å²) in [5.41, 5.74) is 0.343. The number of anilines is 1. The van der Waals surface area contributed by atoms with E-state index in [0.29, 0.717) is 25.3 Å². The maximum Gasteiger partial charge on any atom is 0.335 e. The third-order valence-electron chi connectivity index (χ3n) is 4.74. The lowest BCUT2D eigenvalue weighted by atomic mass is 10.1. The Kier molecular flexibility index (Phi) is 5.12. The fraction of sp³-hybridized carbons (Fsp3) is 0.471. The number of imide groups is 1. The zero-order chi connectivity index (χ0) is 18.0. The van der Waals surface area contributed by atoms with Crippen LogP contribution in [0.3, 0.4) is 0 Å². The monoisotopic (exact) mass is 347 g/mol. The Balaban J connectivity index is 1.73. The van der Waals surface area contributed by atoms with Gasteiger partial charge in [-0.1, -0.05) is 6.07 Å². The van der Waals surface area contributed by atoms with Gasteiger partial charge in [0.15, 0.2) is 0 Å². The second-order valence-electron chi connectivity index (χ2n) is 6.24. The maximum atomic E-state index is 12.8. The number of carboxylic acids is 1. The molecule has 2 fully saturated rings. The van der Waals surface area contributed by atoms with E-state index < -0.39 is 12.0 Å². The van der Waals surface area contributed by atoms with Crippen molar-refractivity contribution in [2.24, 2.45) is 0 Å². The molecule has 2 saturated heterocycles. The molecule has 0 unspecified atom stereocenters. The van der Waals surface area contributed by atoms with Gasteiger partial charge < -0.3 is 10.2 Å². The molecule has 2 aliphatic heterocycles. The van der Waals surface area contributed by atoms with Crippen LogP contribution in [-0.2, 0) is 9.59 Å². The summed E-state index contributed by atoms with van der Waals surface area (Å²) in [4.78, 5) is 41.5. The first kappa shape index (κ1) is 17.5. The lowest BCUT2D eigenvalue weighted by molar-refractivity contribution is -0.123. The average Bonchev–Trinajstić information content (AvgIpc) is 2.90. The summed E-state index contributed by atoms with van der Waals surface area (Å²) in [5, 5.41) is 18.1. The van der Waals surface area contributed by atoms with Gasteiger partial charge in [0, 0.05) is 32.7 Å². The van der Waals surface area contributed by atoms with Crippen LogP contribution in [0.25, 0.3) is 0 Å². The van der Waals surface area contributed by atoms with E-state index in [-0.39, 0.29) is 30.4 Å². The number of carbonyl (C=O) groups is 3. The van der Waals surface area contributed by atoms with Crippen LogP contribution in [0.1, 0.15) is 16.8 Å². The molecule has 0 aliphatic carbocycles. The zero-order valence-corrected chi connectivity index (χ0v) is 13.8. The Hall–Kier alpha value is -2.29. The predicted molar refractivity (Wildman–Crippen MR) is 89.4 cm³/mol. The third-order valence-corrected chi connectivity index (χ3v) is 4.74. The number of aromatic carboxylic acids is 1. The highest BCUT2D eigenvalue weighted by molar-refractivity contribution is 6.22. The van der Waals surface area contributed by atoms with E-state index in [4.69, 9.17) is 10.2 Å². The smallest absolute Gasteiger partial charge is 0.335 e. The van der Waals surface area contributed by atoms with Gasteiger partial charge in [0.25, 0.3) is 5.91 Å². The summed E-state index contributed by atoms with van der Waals surface area (Å²) in [5.74, 6) is -1.71. The Morgan fingerprint density at radius 2 is 1.88 bits per heavy atom. The van der Waals surface area contributed by atoms with E-state index in [2.05, 4.69) is 4.90 Å². The largest absolute Gasteiger partial charge is 0.478 e. The van der Waals surface area contributed by atoms with E-state index in [1.54, 1.807) is 6.07 Å². The number of benzene rings is 1. The fourth-order valence-electron chi connectivity index (χ4n) is 3.39. The number of aliphatic hydroxyl groups excluding tert-OH is 1. The van der Waals surface area contributed by atoms with Crippen LogP contribution in [0.2, 0.25) is 0 Å². The van der Waals surface area contributed by atoms with Gasteiger partial charge >= 0.3 is 5.97 Å². The molecule has 2 N–H and O–H groups in total. The first-order valence-corrected chi connectivity index (χ1v) is 8.28. The number of nitrogens with zero attached hydrogens (tertiary/aromatic N) is 3. The number of piperazine rings is 1. The first-order valence-electron chi connectivity index (χ1n) is 8.28. The minimum atomic E-state index is -1.10. The van der Waals surface area contributed by atoms with Crippen molar-refractivity contribution in [2.75, 3.05) is 44.2 Å². The van der Waals surface area contributed by atoms with Crippen molar-refractivity contribution in [1.29, 1.82) is 0 Å². The van der Waals surface area contributed by atoms with Crippen LogP contribution in [0.5, 0.6) is 0 Å². The summed E-state index contributed by atoms with van der Waals surface area (Å²) >= 11 is 0. The Morgan fingerprint density at radius 3 is 2.52 bits per heavy atom. The van der Waals surface area contributed by atoms with Gasteiger partial charge in [-0.2, -0.15) is 0 Å². The standard InChI is InChI=1S/C17H21N3O5/c21-9-8-18-4-6-19(7-5-18)14-11-15(22)20(16(14)23)13-3-1-2-12(10-13)17(24)25/h1-3,10,14,21H,4-9,11H2,(H,24,25)/t14-/m1/s1. The summed E-state index contributed by atoms with van der Waals surface area (Å²) in [6, 6.07) is 5.37. The fourth-order valence-corrected chi connectivity index (χ4v) is 3.39. The van der Waals surface area contributed by atoms with Gasteiger partial charge in [-0.05, 0) is 18.2 Å². The third kappa shape index (κ3) is 3.55. The van der Waals surface area contributed by atoms with E-state index >= 15 is 0 Å². The second kappa shape index (κ2) is 7.30. The van der Waals surface area contributed by atoms with Gasteiger partial charge in [-0.3, -0.25) is 19.4 Å². The number of rotatable bonds is 5. The van der Waals surface area contributed by atoms with Crippen molar-refractivity contribution in [3.05, 3.63) is 29.8 Å². The summed E-state index contributed by atoms with van der Waals surface area (Å²) < 4.78 is 0. The molecule has 2 heterocycles. The second-order valence-corrected chi connectivity index (χ2v) is 6.24. The molecule has 1 atom stereocenters. The maximum absolute atomic E-state index is 12.8. The highest BCUT2D eigenvalue weighted by Gasteiger charge is 2.43. The number of hydrogen-bond donors (Lipinski definition) is 2. The van der Waals surface area contributed by atoms with Gasteiger partial charge in [0.2, 0.25) is 5.91 Å². The molecular weight excluding hydrogens is 326 g/mol. The van der Waals surface area contributed by atoms with Gasteiger partial charge in [0.1, 0.15) is 0 Å². The van der Waals surface area contributed by atoms with E-state index in [1.807, 2.05) is 4.90 Å². The number of carbonyl (C=O) groups excluding carboxylic acids is 2. The SMILES string of the molecule is O=C(O)c1cccc(N2C(=O)C[C@@H](N3CCN(CCO)CC3)C2=O)c1. The molecule has 3 rings (SSSR count). The molecular formula is C17H21N3O5. The van der Waals surface area contributed by atoms with Gasteiger partial charge in [-0.15, -0.1) is 0 Å². The average molecular weight is 347 g/mol. The molecule has 0 spiro atoms. The molecule has 2 aliphatic rings. The topological polar surface area (TPSA) is 101 Å². The quantitative estimate of drug-likeness (QED) is 0.701. The molecule has 25 heavy (non-hydrogen) atoms. The lowest BCUT2D eigenvalue weighted by Gasteiger charge is -2.36. The van der Waals surface area contributed by atoms with Gasteiger partial charge in [-0.25, -0.2) is 9.69 Å². The molecule has 0 radical (unpaired) electrons. The number of carboxylic acid groups (broad SMARTS) is 1. The van der Waals surface area contributed by atoms with Crippen molar-refractivity contribution in [2.45, 2.75) is 12.5 Å². The highest BCUT2D eigenvalue weighted by Crippen LogP contribution is 2.27. The summed E-state index contributed by atoms with van der Waals surface area (Å²) in [6.45, 7) is 3.52. The summed E-state index contributed by atoms with van der Waals surface area (Å²) in [6.07, 6.45) is 0.107. The number of β-amino-alcohol motifs (C(OH)–C–C–N with tert-alkyl or cyclic N) is 1. The molecule has 0 saturated carbocycles. The molecule has 0 aromatic heterocycles. The van der Waals surface area contributed by atoms with E-state index in [1.165, 1.54) is 18.2 Å². The van der Waals surface area contributed by atoms with E-state index in [9.17, 15) is 14.4 Å². The molecule has 0 bridgehead atoms. The molecule has 1 aromatic rings. The predicted octanol–water partition coefficient (Wildman–Crippen LogP) is -0.373. The van der Waals surface area contributed by atoms with Crippen molar-refractivity contribution in [1.82, 2.24) is 9.80 Å². The van der Waals surface area contributed by atoms with Crippen molar-refractivity contribution in [3.63, 3.8) is 0 Å². The normalized spacial score (nSPS) is 22.6. The molecule has 8 nitrogen and oxygen atoms in total. The molecule has 2 amide bonds. The highest BCUT2D eigenvalue weighted by atomic mass is 16.4. The van der Waals surface area contributed by atoms with Crippen LogP contribution in [0.4, 0.5) is 5.69 Å². The molecule has 134 valence electrons. The van der Waals surface area contributed by atoms with Crippen LogP contribution < -0.4 is 4.90 Å². The number of amides is 2. The zero-order valence-electron chi connectivity index (χ0n) is 13.8. The Bertz CT molecular complexity index is 685. The van der Waals surface area contributed by atoms with Gasteiger partial charge in [0.05, 0.1) is 30.3 Å². The van der Waals surface area contributed by atoms with Crippen molar-refractivity contribution in [3.8, 4) is 0 Å². The van der Waals surface area contributed by atoms with Crippen LogP contribution in [0.15, 0.2) is 24.3 Å². The van der Waals surface area contributed by atoms with Crippen molar-refractivity contribution >= 4 is 23.5 Å². The van der Waals surface area contributed by atoms with Crippen LogP contribution >= 0.6 is 0 Å².